The van der Waals surface area contributed by atoms with Crippen molar-refractivity contribution < 1.29 is 143 Å². The molecule has 139 heavy (non-hydrogen) atoms. The van der Waals surface area contributed by atoms with Crippen LogP contribution in [-0.2, 0) is 19.1 Å². The van der Waals surface area contributed by atoms with E-state index < -0.39 is 23.9 Å². The van der Waals surface area contributed by atoms with Gasteiger partial charge in [0, 0.05) is 52.8 Å². The molecule has 12 N–H and O–H groups in total. The van der Waals surface area contributed by atoms with Gasteiger partial charge < -0.3 is 86.9 Å². The smallest absolute Gasteiger partial charge is 0.508 e. The number of amides is 2. The molecule has 0 saturated heterocycles. The van der Waals surface area contributed by atoms with Crippen molar-refractivity contribution >= 4 is 124 Å². The maximum absolute atomic E-state index is 12.8. The molecule has 0 atom stereocenters. The van der Waals surface area contributed by atoms with Crippen LogP contribution in [0.2, 0.25) is 0 Å². The summed E-state index contributed by atoms with van der Waals surface area (Å²) in [4.78, 5) is 115. The summed E-state index contributed by atoms with van der Waals surface area (Å²) >= 11 is 0. The number of nitrogens with one attached hydrogen (secondary N) is 2. The third kappa shape index (κ3) is 40.2. The van der Waals surface area contributed by atoms with Crippen molar-refractivity contribution in [2.75, 3.05) is 30.6 Å². The van der Waals surface area contributed by atoms with Gasteiger partial charge in [0.05, 0.1) is 30.9 Å². The monoisotopic (exact) mass is 1910 g/mol. The first kappa shape index (κ1) is 123. The summed E-state index contributed by atoms with van der Waals surface area (Å²) in [7, 11) is 2.63. The van der Waals surface area contributed by atoms with Crippen LogP contribution in [0.1, 0.15) is 135 Å². The minimum atomic E-state index is -0.957. The third-order valence-electron chi connectivity index (χ3n) is 17.8. The minimum absolute atomic E-state index is 0. The molecule has 0 saturated carbocycles. The molecule has 0 bridgehead atoms. The Labute approximate surface area is 848 Å². The van der Waals surface area contributed by atoms with E-state index in [-0.39, 0.29) is 123 Å². The van der Waals surface area contributed by atoms with Crippen LogP contribution in [0.15, 0.2) is 355 Å². The number of nitroso groups, excluding NO2 is 2. The Hall–Kier alpha value is -16.1. The Morgan fingerprint density at radius 3 is 0.827 bits per heavy atom. The number of aromatic hydroxyl groups is 5. The van der Waals surface area contributed by atoms with Gasteiger partial charge in [-0.25, -0.2) is 14.4 Å². The predicted molar refractivity (Wildman–Crippen MR) is 546 cm³/mol. The number of hydrogen-bond acceptors (Lipinski definition) is 25. The molecule has 32 heteroatoms. The number of aliphatic carboxylic acids is 2. The average molecular weight is 1910 g/mol. The Bertz CT molecular complexity index is 6510. The Kier molecular flexibility index (Phi) is 60.9. The molecule has 0 aliphatic rings. The van der Waals surface area contributed by atoms with Gasteiger partial charge in [-0.05, 0) is 232 Å². The summed E-state index contributed by atoms with van der Waals surface area (Å²) in [6, 6.07) is 99.4. The van der Waals surface area contributed by atoms with E-state index in [9.17, 15) is 59.3 Å². The van der Waals surface area contributed by atoms with Crippen molar-refractivity contribution in [3.8, 4) is 62.1 Å². The van der Waals surface area contributed by atoms with E-state index in [0.29, 0.717) is 54.9 Å². The number of nitrogens with two attached hydrogens (primary N) is 1. The molecule has 2 amide bonds. The summed E-state index contributed by atoms with van der Waals surface area (Å²) in [6.45, 7) is 22.2. The van der Waals surface area contributed by atoms with E-state index >= 15 is 0 Å². The van der Waals surface area contributed by atoms with Gasteiger partial charge in [-0.15, -0.1) is 20.5 Å². The van der Waals surface area contributed by atoms with Gasteiger partial charge in [-0.3, -0.25) is 19.2 Å². The predicted octanol–water partition coefficient (Wildman–Crippen LogP) is 21.4. The number of benzene rings is 16. The summed E-state index contributed by atoms with van der Waals surface area (Å²) in [5, 5.41) is 107. The van der Waals surface area contributed by atoms with Crippen LogP contribution in [-0.4, -0.2) is 96.7 Å². The third-order valence-corrected chi connectivity index (χ3v) is 17.8. The van der Waals surface area contributed by atoms with Crippen LogP contribution < -0.4 is 75.5 Å². The van der Waals surface area contributed by atoms with E-state index in [1.807, 2.05) is 227 Å². The molecule has 0 fully saturated rings. The number of rotatable bonds is 12. The second-order valence-electron chi connectivity index (χ2n) is 26.2. The number of aromatic carboxylic acids is 1. The molecule has 0 heterocycles. The largest absolute Gasteiger partial charge is 1.00 e. The van der Waals surface area contributed by atoms with Gasteiger partial charge in [-0.2, -0.15) is 0 Å². The van der Waals surface area contributed by atoms with Crippen LogP contribution in [0.3, 0.4) is 0 Å². The summed E-state index contributed by atoms with van der Waals surface area (Å²) in [5.41, 5.74) is 16.6. The van der Waals surface area contributed by atoms with E-state index in [0.717, 1.165) is 85.1 Å². The number of nitrogen functional groups attached to an aromatic ring is 1. The Balaban J connectivity index is 0.00000159. The van der Waals surface area contributed by atoms with Crippen molar-refractivity contribution in [3.05, 3.63) is 392 Å². The number of hydrogen-bond donors (Lipinski definition) is 11. The zero-order valence-electron chi connectivity index (χ0n) is 79.8. The average Bonchev–Trinajstić information content (AvgIpc) is 0.798. The van der Waals surface area contributed by atoms with Crippen LogP contribution in [0.25, 0.3) is 87.2 Å². The topological polar surface area (TPSA) is 514 Å². The van der Waals surface area contributed by atoms with Crippen LogP contribution in [0.4, 0.5) is 28.4 Å². The Morgan fingerprint density at radius 2 is 0.532 bits per heavy atom. The zero-order valence-corrected chi connectivity index (χ0v) is 83.8. The maximum Gasteiger partial charge on any atom is 1.00 e. The number of carboxylic acids is 3. The second kappa shape index (κ2) is 68.8. The number of ether oxygens (including phenoxy) is 2. The minimum Gasteiger partial charge on any atom is -0.508 e. The van der Waals surface area contributed by atoms with Crippen LogP contribution >= 0.6 is 0 Å². The van der Waals surface area contributed by atoms with E-state index in [2.05, 4.69) is 54.7 Å². The van der Waals surface area contributed by atoms with Crippen LogP contribution in [0, 0.1) is 30.0 Å². The summed E-state index contributed by atoms with van der Waals surface area (Å²) in [6.07, 6.45) is 0. The molecule has 16 aromatic carbocycles. The van der Waals surface area contributed by atoms with Gasteiger partial charge >= 0.3 is 77.0 Å². The first-order valence-electron chi connectivity index (χ1n) is 42.5. The van der Waals surface area contributed by atoms with Gasteiger partial charge in [0.25, 0.3) is 23.8 Å². The molecule has 16 aromatic rings. The van der Waals surface area contributed by atoms with E-state index in [4.69, 9.17) is 50.9 Å². The summed E-state index contributed by atoms with van der Waals surface area (Å²) < 4.78 is 9.31. The number of fused-ring (bicyclic) bond motifs is 5. The number of carbonyl (C=O) groups is 7. The molecule has 0 aliphatic heterocycles. The number of carboxylic acid groups (broad SMARTS) is 3. The van der Waals surface area contributed by atoms with Crippen molar-refractivity contribution in [3.63, 3.8) is 0 Å². The Morgan fingerprint density at radius 1 is 0.295 bits per heavy atom. The number of carbonyl (C=O) groups excluding carboxylic acids is 4. The first-order valence-corrected chi connectivity index (χ1v) is 42.5. The van der Waals surface area contributed by atoms with Crippen molar-refractivity contribution in [2.45, 2.75) is 83.1 Å². The van der Waals surface area contributed by atoms with Crippen molar-refractivity contribution in [1.82, 2.24) is 0 Å². The number of nitrogens with zero attached hydrogens (tertiary/aromatic N) is 4. The van der Waals surface area contributed by atoms with Gasteiger partial charge in [0.1, 0.15) is 28.7 Å². The van der Waals surface area contributed by atoms with Gasteiger partial charge in [0.15, 0.2) is 11.4 Å². The molecule has 0 spiro atoms. The number of phenolic OH excluding ortho intramolecular Hbond substituents is 5. The quantitative estimate of drug-likeness (QED) is 0.0178. The fourth-order valence-corrected chi connectivity index (χ4v) is 12.3. The molecule has 0 aliphatic carbocycles. The van der Waals surface area contributed by atoms with Gasteiger partial charge in [0.2, 0.25) is 0 Å². The fourth-order valence-electron chi connectivity index (χ4n) is 12.3. The number of methoxy groups -OCH3 is 2. The molecule has 30 nitrogen and oxygen atoms in total. The molecule has 0 unspecified atom stereocenters. The van der Waals surface area contributed by atoms with E-state index in [1.165, 1.54) is 43.5 Å². The molecule has 16 rings (SSSR count). The molecule has 0 radical (unpaired) electrons. The molecular weight excluding hydrogens is 1800 g/mol. The van der Waals surface area contributed by atoms with Crippen molar-refractivity contribution in [2.24, 2.45) is 21.0 Å². The van der Waals surface area contributed by atoms with Crippen LogP contribution in [0.5, 0.6) is 28.7 Å². The normalized spacial score (nSPS) is 9.17. The molecule has 712 valence electrons. The zero-order chi connectivity index (χ0) is 102. The standard InChI is InChI=1S/C23H16N2O3.C23H17NO2.C12H9NO4.C12H11N.C12H10O3.C11H8O3.2C2H4O2.5C2H6.2HNO2.2Na/c26-21-14-13-18-19(22(21)25-28)7-4-8-20(18)23(27)24-17-11-9-16(10-12-17)15-5-2-1-3-6-15;25-20-13-14-21-18(15-20)7-4-8-22(21)23(26)24-19-11-9-17(10-12-19)16-5-2-1-3-6-16;1-17-12(15)9-4-2-3-8-7(9)5-6-10(14)11(8)13-16;13-12-8-6-11(7-9-12)10-4-2-1-3-5-10;1-15-12(14)11-4-2-3-8-7-9(13)5-6-10(8)11;12-8-4-5-9-7(6-8)2-1-3-10(9)11(13)14;2*1-2(3)4;5*1-2;2*2-1-3;;/h1-14,26H,(H,24,27);1-15,25H,(H,24,26);2-6,14H,1H3;1-9H,13H2;2-7,13H,1H3;1-6,12H,(H,13,14);2*1H3,(H,3,4);5*1-2H3;2*(H,2,3);;/q;;;;;;;;;;;;;;;2*+1/p-2. The van der Waals surface area contributed by atoms with Gasteiger partial charge in [-0.1, -0.05) is 257 Å². The second-order valence-corrected chi connectivity index (χ2v) is 26.2. The number of esters is 2. The van der Waals surface area contributed by atoms with E-state index in [1.54, 1.807) is 133 Å². The number of phenols is 5. The summed E-state index contributed by atoms with van der Waals surface area (Å²) in [5.74, 6) is -3.89. The van der Waals surface area contributed by atoms with Crippen molar-refractivity contribution in [1.29, 1.82) is 0 Å². The first-order chi connectivity index (χ1) is 66.1. The maximum atomic E-state index is 12.8. The number of anilines is 3. The molecule has 0 aromatic heterocycles. The molecular formula is C107H109N7Na2O23. The SMILES string of the molecule is CC.CC.CC.CC.CC.CC(=O)O.CC(=O)O.COC(=O)c1cccc2c(N=O)c(O)ccc12.COC(=O)c1cccc2cc(O)ccc12.Nc1ccc(-c2ccccc2)cc1.O=C(Nc1ccc(-c2ccccc2)cc1)c1cccc2cc(O)ccc12.O=C(O)c1cccc2cc(O)ccc12.O=N[O-].O=N[O-].O=Nc1c(O)ccc2c(C(=O)Nc3ccc(-c4ccccc4)cc3)cccc12.[Na+].[Na+]. The fraction of sp³-hybridized carbons (Fsp3) is 0.131.